The van der Waals surface area contributed by atoms with Crippen LogP contribution in [0.25, 0.3) is 0 Å². The highest BCUT2D eigenvalue weighted by atomic mass is 79.9. The predicted octanol–water partition coefficient (Wildman–Crippen LogP) is -0.976. The SMILES string of the molecule is COc1cc(O)c(C[P+](c2ccccc2)(c2ccccc2)c2ccccc2)cc1OC.[Br-].[Br-].[H+]. The quantitative estimate of drug-likeness (QED) is 0.282. The van der Waals surface area contributed by atoms with Crippen LogP contribution in [0.15, 0.2) is 103 Å². The molecule has 0 heterocycles. The van der Waals surface area contributed by atoms with Gasteiger partial charge in [0.2, 0.25) is 0 Å². The van der Waals surface area contributed by atoms with Crippen molar-refractivity contribution < 1.29 is 50.0 Å². The molecule has 4 rings (SSSR count). The topological polar surface area (TPSA) is 38.7 Å². The lowest BCUT2D eigenvalue weighted by Crippen LogP contribution is -3.00. The molecule has 0 aliphatic carbocycles. The van der Waals surface area contributed by atoms with Crippen LogP contribution >= 0.6 is 7.26 Å². The Hall–Kier alpha value is -2.33. The molecule has 0 spiro atoms. The number of halogens is 2. The van der Waals surface area contributed by atoms with Crippen LogP contribution in [0.5, 0.6) is 17.2 Å². The summed E-state index contributed by atoms with van der Waals surface area (Å²) in [6.45, 7) is 0. The van der Waals surface area contributed by atoms with Crippen molar-refractivity contribution in [3.63, 3.8) is 0 Å². The maximum atomic E-state index is 10.9. The molecule has 0 unspecified atom stereocenters. The molecular weight excluding hydrogens is 563 g/mol. The number of aromatic hydroxyl groups is 1. The number of benzene rings is 4. The van der Waals surface area contributed by atoms with Crippen molar-refractivity contribution in [1.29, 1.82) is 0 Å². The summed E-state index contributed by atoms with van der Waals surface area (Å²) in [7, 11) is 1.08. The normalized spacial score (nSPS) is 10.5. The van der Waals surface area contributed by atoms with Gasteiger partial charge in [-0.2, -0.15) is 0 Å². The van der Waals surface area contributed by atoms with E-state index in [1.807, 2.05) is 24.3 Å². The Morgan fingerprint density at radius 2 is 1.00 bits per heavy atom. The number of hydrogen-bond acceptors (Lipinski definition) is 3. The van der Waals surface area contributed by atoms with Gasteiger partial charge in [-0.15, -0.1) is 0 Å². The lowest BCUT2D eigenvalue weighted by molar-refractivity contribution is -0.00100. The van der Waals surface area contributed by atoms with Crippen molar-refractivity contribution in [3.8, 4) is 17.2 Å². The summed E-state index contributed by atoms with van der Waals surface area (Å²) < 4.78 is 10.9. The minimum atomic E-state index is -2.11. The maximum Gasteiger partial charge on any atom is 1.00 e. The Labute approximate surface area is 218 Å². The molecule has 1 N–H and O–H groups in total. The van der Waals surface area contributed by atoms with Crippen LogP contribution in [0, 0.1) is 0 Å². The van der Waals surface area contributed by atoms with Crippen LogP contribution < -0.4 is 59.4 Å². The average Bonchev–Trinajstić information content (AvgIpc) is 2.84. The van der Waals surface area contributed by atoms with Gasteiger partial charge in [-0.05, 0) is 42.5 Å². The van der Waals surface area contributed by atoms with Crippen LogP contribution in [0.2, 0.25) is 0 Å². The number of phenolic OH excluding ortho intramolecular Hbond substituents is 1. The second kappa shape index (κ2) is 12.2. The molecule has 0 aromatic heterocycles. The van der Waals surface area contributed by atoms with Gasteiger partial charge in [-0.3, -0.25) is 0 Å². The first-order valence-corrected chi connectivity index (χ1v) is 12.1. The molecule has 0 amide bonds. The monoisotopic (exact) mass is 588 g/mol. The van der Waals surface area contributed by atoms with Gasteiger partial charge in [0.1, 0.15) is 35.1 Å². The number of rotatable bonds is 7. The summed E-state index contributed by atoms with van der Waals surface area (Å²) in [6, 6.07) is 35.4. The molecule has 0 atom stereocenters. The number of hydrogen-bond donors (Lipinski definition) is 1. The smallest absolute Gasteiger partial charge is 1.00 e. The molecule has 0 saturated heterocycles. The van der Waals surface area contributed by atoms with Gasteiger partial charge < -0.3 is 48.5 Å². The van der Waals surface area contributed by atoms with Crippen molar-refractivity contribution in [2.24, 2.45) is 0 Å². The molecule has 4 aromatic rings. The van der Waals surface area contributed by atoms with E-state index in [0.29, 0.717) is 17.7 Å². The van der Waals surface area contributed by atoms with E-state index in [9.17, 15) is 5.11 Å². The van der Waals surface area contributed by atoms with Gasteiger partial charge in [-0.25, -0.2) is 0 Å². The molecule has 0 bridgehead atoms. The predicted molar refractivity (Wildman–Crippen MR) is 131 cm³/mol. The second-order valence-corrected chi connectivity index (χ2v) is 10.8. The molecule has 6 heteroatoms. The number of ether oxygens (including phenoxy) is 2. The zero-order valence-corrected chi connectivity index (χ0v) is 22.6. The minimum Gasteiger partial charge on any atom is -1.00 e. The first kappa shape index (κ1) is 26.9. The van der Waals surface area contributed by atoms with Gasteiger partial charge in [0.15, 0.2) is 11.5 Å². The Bertz CT molecular complexity index is 1050. The summed E-state index contributed by atoms with van der Waals surface area (Å²) in [4.78, 5) is 0. The Kier molecular flexibility index (Phi) is 9.97. The Morgan fingerprint density at radius 3 is 1.36 bits per heavy atom. The third-order valence-corrected chi connectivity index (χ3v) is 9.94. The second-order valence-electron chi connectivity index (χ2n) is 7.31. The molecule has 3 nitrogen and oxygen atoms in total. The molecule has 0 aliphatic rings. The van der Waals surface area contributed by atoms with Crippen LogP contribution in [0.3, 0.4) is 0 Å². The van der Waals surface area contributed by atoms with E-state index in [-0.39, 0.29) is 41.1 Å². The number of phenols is 1. The zero-order valence-electron chi connectivity index (χ0n) is 19.5. The Morgan fingerprint density at radius 1 is 0.636 bits per heavy atom. The maximum absolute atomic E-state index is 10.9. The molecule has 4 aromatic carbocycles. The lowest BCUT2D eigenvalue weighted by atomic mass is 10.2. The van der Waals surface area contributed by atoms with E-state index in [1.54, 1.807) is 20.3 Å². The fraction of sp³-hybridized carbons (Fsp3) is 0.111. The van der Waals surface area contributed by atoms with E-state index >= 15 is 0 Å². The molecule has 0 fully saturated rings. The molecule has 172 valence electrons. The molecular formula is C27H27Br2O3P. The third kappa shape index (κ3) is 5.43. The van der Waals surface area contributed by atoms with E-state index in [2.05, 4.69) is 72.8 Å². The van der Waals surface area contributed by atoms with Crippen molar-refractivity contribution in [2.75, 3.05) is 14.2 Å². The average molecular weight is 590 g/mol. The summed E-state index contributed by atoms with van der Waals surface area (Å²) in [5, 5.41) is 14.7. The van der Waals surface area contributed by atoms with E-state index in [0.717, 1.165) is 5.56 Å². The minimum absolute atomic E-state index is 0. The van der Waals surface area contributed by atoms with Crippen molar-refractivity contribution in [1.82, 2.24) is 0 Å². The van der Waals surface area contributed by atoms with Gasteiger partial charge >= 0.3 is 1.43 Å². The molecule has 33 heavy (non-hydrogen) atoms. The fourth-order valence-electron chi connectivity index (χ4n) is 4.06. The van der Waals surface area contributed by atoms with E-state index < -0.39 is 7.26 Å². The van der Waals surface area contributed by atoms with Gasteiger partial charge in [0.25, 0.3) is 0 Å². The van der Waals surface area contributed by atoms with Crippen molar-refractivity contribution >= 4 is 23.2 Å². The summed E-state index contributed by atoms with van der Waals surface area (Å²) in [5.41, 5.74) is 0.836. The van der Waals surface area contributed by atoms with E-state index in [1.165, 1.54) is 15.9 Å². The number of methoxy groups -OCH3 is 2. The standard InChI is InChI=1S/C27H25O3P.2BrH/c1-29-26-18-21(25(28)19-27(26)30-2)20-31(22-12-6-3-7-13-22,23-14-8-4-9-15-23)24-16-10-5-11-17-24;;/h3-19H,20H2,1-2H3;2*1H. The van der Waals surface area contributed by atoms with Crippen molar-refractivity contribution in [2.45, 2.75) is 6.16 Å². The highest BCUT2D eigenvalue weighted by molar-refractivity contribution is 7.95. The fourth-order valence-corrected chi connectivity index (χ4v) is 8.31. The van der Waals surface area contributed by atoms with Gasteiger partial charge in [0.05, 0.1) is 14.2 Å². The molecule has 0 saturated carbocycles. The van der Waals surface area contributed by atoms with Crippen LogP contribution in [-0.2, 0) is 6.16 Å². The summed E-state index contributed by atoms with van der Waals surface area (Å²) >= 11 is 0. The van der Waals surface area contributed by atoms with Gasteiger partial charge in [-0.1, -0.05) is 54.6 Å². The van der Waals surface area contributed by atoms with Gasteiger partial charge in [0, 0.05) is 11.6 Å². The summed E-state index contributed by atoms with van der Waals surface area (Å²) in [6.07, 6.45) is 0.664. The molecule has 0 radical (unpaired) electrons. The van der Waals surface area contributed by atoms with E-state index in [4.69, 9.17) is 9.47 Å². The van der Waals surface area contributed by atoms with Crippen LogP contribution in [-0.4, -0.2) is 19.3 Å². The third-order valence-electron chi connectivity index (χ3n) is 5.58. The first-order valence-electron chi connectivity index (χ1n) is 10.2. The zero-order chi connectivity index (χ0) is 21.7. The van der Waals surface area contributed by atoms with Crippen LogP contribution in [0.4, 0.5) is 0 Å². The van der Waals surface area contributed by atoms with Crippen molar-refractivity contribution in [3.05, 3.63) is 109 Å². The van der Waals surface area contributed by atoms with Crippen LogP contribution in [0.1, 0.15) is 6.99 Å². The highest BCUT2D eigenvalue weighted by Crippen LogP contribution is 2.59. The lowest BCUT2D eigenvalue weighted by Gasteiger charge is -2.28. The molecule has 0 aliphatic heterocycles. The Balaban J connectivity index is 0.00000193. The first-order chi connectivity index (χ1) is 15.2. The summed E-state index contributed by atoms with van der Waals surface area (Å²) in [5.74, 6) is 1.35. The largest absolute Gasteiger partial charge is 1.00 e. The highest BCUT2D eigenvalue weighted by Gasteiger charge is 2.46.